The second-order valence-corrected chi connectivity index (χ2v) is 7.32. The zero-order valence-electron chi connectivity index (χ0n) is 12.3. The van der Waals surface area contributed by atoms with Crippen molar-refractivity contribution < 1.29 is 8.42 Å². The first kappa shape index (κ1) is 14.0. The van der Waals surface area contributed by atoms with Gasteiger partial charge in [-0.2, -0.15) is 5.10 Å². The number of H-pyrrole nitrogens is 1. The van der Waals surface area contributed by atoms with E-state index in [2.05, 4.69) is 14.9 Å². The first-order valence-corrected chi connectivity index (χ1v) is 8.85. The van der Waals surface area contributed by atoms with Crippen LogP contribution in [0.4, 0.5) is 5.69 Å². The SMILES string of the molecule is O=S(=O)(Nc1ccc2cn[nH]c2c1)C1=Cc2ccccc2CC1. The molecule has 0 spiro atoms. The van der Waals surface area contributed by atoms with Gasteiger partial charge in [-0.05, 0) is 48.2 Å². The standard InChI is InChI=1S/C17H15N3O2S/c21-23(22,16-8-6-12-3-1-2-4-13(12)9-16)20-15-7-5-14-11-18-19-17(14)10-15/h1-5,7,9-11,20H,6,8H2,(H,18,19). The highest BCUT2D eigenvalue weighted by atomic mass is 32.2. The first-order chi connectivity index (χ1) is 11.1. The first-order valence-electron chi connectivity index (χ1n) is 7.36. The maximum atomic E-state index is 12.6. The molecule has 0 bridgehead atoms. The molecule has 0 aliphatic heterocycles. The van der Waals surface area contributed by atoms with Crippen molar-refractivity contribution in [2.75, 3.05) is 4.72 Å². The Morgan fingerprint density at radius 3 is 2.87 bits per heavy atom. The van der Waals surface area contributed by atoms with Gasteiger partial charge in [0.1, 0.15) is 0 Å². The van der Waals surface area contributed by atoms with E-state index in [1.807, 2.05) is 30.3 Å². The number of aromatic nitrogens is 2. The van der Waals surface area contributed by atoms with Crippen LogP contribution in [0.3, 0.4) is 0 Å². The predicted molar refractivity (Wildman–Crippen MR) is 91.4 cm³/mol. The summed E-state index contributed by atoms with van der Waals surface area (Å²) in [6.45, 7) is 0. The predicted octanol–water partition coefficient (Wildman–Crippen LogP) is 3.29. The zero-order chi connectivity index (χ0) is 15.9. The molecule has 6 heteroatoms. The minimum atomic E-state index is -3.55. The second-order valence-electron chi connectivity index (χ2n) is 5.59. The number of nitrogens with zero attached hydrogens (tertiary/aromatic N) is 1. The molecule has 0 amide bonds. The van der Waals surface area contributed by atoms with E-state index in [1.54, 1.807) is 24.4 Å². The van der Waals surface area contributed by atoms with Crippen molar-refractivity contribution in [3.63, 3.8) is 0 Å². The average molecular weight is 325 g/mol. The van der Waals surface area contributed by atoms with E-state index >= 15 is 0 Å². The molecule has 2 aromatic carbocycles. The van der Waals surface area contributed by atoms with Crippen molar-refractivity contribution in [2.45, 2.75) is 12.8 Å². The van der Waals surface area contributed by atoms with Crippen LogP contribution in [-0.4, -0.2) is 18.6 Å². The summed E-state index contributed by atoms with van der Waals surface area (Å²) in [5.41, 5.74) is 3.49. The van der Waals surface area contributed by atoms with Crippen molar-refractivity contribution in [3.05, 3.63) is 64.7 Å². The van der Waals surface area contributed by atoms with Crippen molar-refractivity contribution in [1.82, 2.24) is 10.2 Å². The summed E-state index contributed by atoms with van der Waals surface area (Å²) in [4.78, 5) is 0.418. The van der Waals surface area contributed by atoms with Gasteiger partial charge in [-0.25, -0.2) is 8.42 Å². The van der Waals surface area contributed by atoms with E-state index in [0.29, 0.717) is 17.0 Å². The quantitative estimate of drug-likeness (QED) is 0.776. The number of hydrogen-bond donors (Lipinski definition) is 2. The fourth-order valence-corrected chi connectivity index (χ4v) is 4.06. The maximum Gasteiger partial charge on any atom is 0.258 e. The van der Waals surface area contributed by atoms with E-state index in [-0.39, 0.29) is 0 Å². The van der Waals surface area contributed by atoms with Crippen molar-refractivity contribution >= 4 is 32.7 Å². The summed E-state index contributed by atoms with van der Waals surface area (Å²) < 4.78 is 27.9. The molecule has 0 saturated heterocycles. The zero-order valence-corrected chi connectivity index (χ0v) is 13.1. The van der Waals surface area contributed by atoms with E-state index in [0.717, 1.165) is 22.9 Å². The van der Waals surface area contributed by atoms with Crippen molar-refractivity contribution in [3.8, 4) is 0 Å². The highest BCUT2D eigenvalue weighted by molar-refractivity contribution is 7.96. The Hall–Kier alpha value is -2.60. The fourth-order valence-electron chi connectivity index (χ4n) is 2.84. The third-order valence-corrected chi connectivity index (χ3v) is 5.57. The molecule has 4 rings (SSSR count). The van der Waals surface area contributed by atoms with Crippen LogP contribution in [0, 0.1) is 0 Å². The van der Waals surface area contributed by atoms with Crippen LogP contribution >= 0.6 is 0 Å². The largest absolute Gasteiger partial charge is 0.280 e. The molecule has 1 heterocycles. The Balaban J connectivity index is 1.67. The van der Waals surface area contributed by atoms with E-state index < -0.39 is 10.0 Å². The Kier molecular flexibility index (Phi) is 3.20. The number of hydrogen-bond acceptors (Lipinski definition) is 3. The van der Waals surface area contributed by atoms with Gasteiger partial charge in [0.25, 0.3) is 10.0 Å². The number of anilines is 1. The molecule has 1 aliphatic carbocycles. The fraction of sp³-hybridized carbons (Fsp3) is 0.118. The van der Waals surface area contributed by atoms with Crippen molar-refractivity contribution in [1.29, 1.82) is 0 Å². The van der Waals surface area contributed by atoms with Gasteiger partial charge in [0.15, 0.2) is 0 Å². The lowest BCUT2D eigenvalue weighted by molar-refractivity contribution is 0.605. The summed E-state index contributed by atoms with van der Waals surface area (Å²) in [6.07, 6.45) is 4.71. The summed E-state index contributed by atoms with van der Waals surface area (Å²) in [5, 5.41) is 7.72. The Morgan fingerprint density at radius 2 is 1.96 bits per heavy atom. The van der Waals surface area contributed by atoms with Gasteiger partial charge in [0.2, 0.25) is 0 Å². The van der Waals surface area contributed by atoms with Gasteiger partial charge in [-0.15, -0.1) is 0 Å². The van der Waals surface area contributed by atoms with Crippen molar-refractivity contribution in [2.24, 2.45) is 0 Å². The second kappa shape index (κ2) is 5.24. The lowest BCUT2D eigenvalue weighted by atomic mass is 9.98. The number of aromatic amines is 1. The molecule has 5 nitrogen and oxygen atoms in total. The number of nitrogens with one attached hydrogen (secondary N) is 2. The van der Waals surface area contributed by atoms with Crippen LogP contribution in [0.2, 0.25) is 0 Å². The van der Waals surface area contributed by atoms with Crippen LogP contribution < -0.4 is 4.72 Å². The summed E-state index contributed by atoms with van der Waals surface area (Å²) in [5.74, 6) is 0. The average Bonchev–Trinajstić information content (AvgIpc) is 3.01. The third-order valence-electron chi connectivity index (χ3n) is 4.05. The molecule has 2 N–H and O–H groups in total. The number of rotatable bonds is 3. The molecule has 1 aromatic heterocycles. The molecular formula is C17H15N3O2S. The molecule has 0 unspecified atom stereocenters. The smallest absolute Gasteiger partial charge is 0.258 e. The van der Waals surface area contributed by atoms with Gasteiger partial charge in [0.05, 0.1) is 22.3 Å². The summed E-state index contributed by atoms with van der Waals surface area (Å²) in [7, 11) is -3.55. The van der Waals surface area contributed by atoms with E-state index in [4.69, 9.17) is 0 Å². The summed E-state index contributed by atoms with van der Waals surface area (Å²) in [6, 6.07) is 13.2. The molecule has 0 atom stereocenters. The van der Waals surface area contributed by atoms with Gasteiger partial charge < -0.3 is 0 Å². The third kappa shape index (κ3) is 2.61. The Morgan fingerprint density at radius 1 is 1.09 bits per heavy atom. The van der Waals surface area contributed by atoms with E-state index in [1.165, 1.54) is 5.56 Å². The highest BCUT2D eigenvalue weighted by Gasteiger charge is 2.21. The van der Waals surface area contributed by atoms with Crippen LogP contribution in [0.15, 0.2) is 53.6 Å². The molecule has 23 heavy (non-hydrogen) atoms. The maximum absolute atomic E-state index is 12.6. The minimum absolute atomic E-state index is 0.418. The molecule has 116 valence electrons. The number of allylic oxidation sites excluding steroid dienone is 1. The van der Waals surface area contributed by atoms with Gasteiger partial charge in [-0.3, -0.25) is 9.82 Å². The normalized spacial score (nSPS) is 14.3. The number of benzene rings is 2. The van der Waals surface area contributed by atoms with Gasteiger partial charge >= 0.3 is 0 Å². The monoisotopic (exact) mass is 325 g/mol. The number of fused-ring (bicyclic) bond motifs is 2. The molecular weight excluding hydrogens is 310 g/mol. The van der Waals surface area contributed by atoms with Crippen LogP contribution in [0.25, 0.3) is 17.0 Å². The highest BCUT2D eigenvalue weighted by Crippen LogP contribution is 2.28. The topological polar surface area (TPSA) is 74.8 Å². The molecule has 3 aromatic rings. The molecule has 0 radical (unpaired) electrons. The van der Waals surface area contributed by atoms with Crippen LogP contribution in [-0.2, 0) is 16.4 Å². The Bertz CT molecular complexity index is 1020. The number of sulfonamides is 1. The molecule has 1 aliphatic rings. The molecule has 0 fully saturated rings. The van der Waals surface area contributed by atoms with Gasteiger partial charge in [0, 0.05) is 5.39 Å². The van der Waals surface area contributed by atoms with E-state index in [9.17, 15) is 8.42 Å². The number of aryl methyl sites for hydroxylation is 1. The summed E-state index contributed by atoms with van der Waals surface area (Å²) >= 11 is 0. The molecule has 0 saturated carbocycles. The Labute approximate surface area is 134 Å². The lowest BCUT2D eigenvalue weighted by Crippen LogP contribution is -2.17. The minimum Gasteiger partial charge on any atom is -0.280 e. The van der Waals surface area contributed by atoms with Gasteiger partial charge in [-0.1, -0.05) is 24.3 Å². The lowest BCUT2D eigenvalue weighted by Gasteiger charge is -2.17. The van der Waals surface area contributed by atoms with Crippen LogP contribution in [0.5, 0.6) is 0 Å². The van der Waals surface area contributed by atoms with Crippen LogP contribution in [0.1, 0.15) is 17.5 Å².